The predicted molar refractivity (Wildman–Crippen MR) is 128 cm³/mol. The minimum Gasteiger partial charge on any atom is -0.503 e. The molecule has 0 unspecified atom stereocenters. The van der Waals surface area contributed by atoms with E-state index >= 15 is 0 Å². The van der Waals surface area contributed by atoms with Crippen molar-refractivity contribution in [3.05, 3.63) is 65.3 Å². The van der Waals surface area contributed by atoms with Crippen LogP contribution in [0.5, 0.6) is 11.5 Å². The number of hydrogen-bond acceptors (Lipinski definition) is 8. The summed E-state index contributed by atoms with van der Waals surface area (Å²) in [7, 11) is 1.53. The van der Waals surface area contributed by atoms with Crippen molar-refractivity contribution in [3.8, 4) is 11.5 Å². The summed E-state index contributed by atoms with van der Waals surface area (Å²) in [5, 5.41) is 10.8. The average Bonchev–Trinajstić information content (AvgIpc) is 3.49. The molecule has 0 bridgehead atoms. The van der Waals surface area contributed by atoms with Gasteiger partial charge in [-0.1, -0.05) is 6.07 Å². The highest BCUT2D eigenvalue weighted by atomic mass is 16.5. The quantitative estimate of drug-likeness (QED) is 0.516. The van der Waals surface area contributed by atoms with Crippen molar-refractivity contribution in [1.29, 1.82) is 0 Å². The fraction of sp³-hybridized carbons (Fsp3) is 0.385. The van der Waals surface area contributed by atoms with Crippen molar-refractivity contribution in [2.75, 3.05) is 53.1 Å². The van der Waals surface area contributed by atoms with Crippen molar-refractivity contribution < 1.29 is 33.3 Å². The highest BCUT2D eigenvalue weighted by Crippen LogP contribution is 2.41. The second-order valence-corrected chi connectivity index (χ2v) is 8.17. The van der Waals surface area contributed by atoms with Gasteiger partial charge in [0.05, 0.1) is 44.8 Å². The molecule has 1 fully saturated rings. The van der Waals surface area contributed by atoms with Crippen LogP contribution in [0.25, 0.3) is 6.08 Å². The molecule has 35 heavy (non-hydrogen) atoms. The summed E-state index contributed by atoms with van der Waals surface area (Å²) in [4.78, 5) is 30.1. The SMILES string of the molecule is CCOc1ccc([C@H]2C(C(=O)/C=C/c3ccco3)=C(O)C(=O)N2CCN2CCOCC2)cc1OC. The van der Waals surface area contributed by atoms with Crippen LogP contribution in [0.15, 0.2) is 58.4 Å². The number of amides is 1. The van der Waals surface area contributed by atoms with Crippen LogP contribution in [0.2, 0.25) is 0 Å². The van der Waals surface area contributed by atoms with Gasteiger partial charge in [-0.05, 0) is 48.9 Å². The molecule has 2 aliphatic heterocycles. The maximum absolute atomic E-state index is 13.2. The van der Waals surface area contributed by atoms with Crippen LogP contribution in [0.1, 0.15) is 24.3 Å². The van der Waals surface area contributed by atoms with E-state index in [1.54, 1.807) is 30.3 Å². The molecule has 1 atom stereocenters. The number of aliphatic hydroxyl groups is 1. The van der Waals surface area contributed by atoms with Gasteiger partial charge >= 0.3 is 0 Å². The van der Waals surface area contributed by atoms with Crippen LogP contribution in [0.3, 0.4) is 0 Å². The second-order valence-electron chi connectivity index (χ2n) is 8.17. The molecule has 0 radical (unpaired) electrons. The zero-order valence-corrected chi connectivity index (χ0v) is 19.9. The van der Waals surface area contributed by atoms with Crippen LogP contribution >= 0.6 is 0 Å². The lowest BCUT2D eigenvalue weighted by molar-refractivity contribution is -0.129. The Morgan fingerprint density at radius 1 is 1.20 bits per heavy atom. The maximum Gasteiger partial charge on any atom is 0.290 e. The first-order valence-electron chi connectivity index (χ1n) is 11.6. The Morgan fingerprint density at radius 3 is 2.69 bits per heavy atom. The van der Waals surface area contributed by atoms with E-state index in [-0.39, 0.29) is 5.57 Å². The van der Waals surface area contributed by atoms with Crippen LogP contribution in [0.4, 0.5) is 0 Å². The molecule has 1 N–H and O–H groups in total. The first-order valence-corrected chi connectivity index (χ1v) is 11.6. The number of rotatable bonds is 10. The number of allylic oxidation sites excluding steroid dienone is 1. The van der Waals surface area contributed by atoms with E-state index in [9.17, 15) is 14.7 Å². The van der Waals surface area contributed by atoms with Crippen LogP contribution < -0.4 is 9.47 Å². The zero-order valence-electron chi connectivity index (χ0n) is 19.9. The molecular weight excluding hydrogens is 452 g/mol. The first kappa shape index (κ1) is 24.6. The van der Waals surface area contributed by atoms with E-state index in [0.29, 0.717) is 55.7 Å². The molecule has 9 nitrogen and oxygen atoms in total. The normalized spacial score (nSPS) is 19.1. The topological polar surface area (TPSA) is 102 Å². The van der Waals surface area contributed by atoms with Crippen molar-refractivity contribution >= 4 is 17.8 Å². The van der Waals surface area contributed by atoms with Crippen LogP contribution in [-0.4, -0.2) is 79.7 Å². The van der Waals surface area contributed by atoms with Crippen molar-refractivity contribution in [2.45, 2.75) is 13.0 Å². The maximum atomic E-state index is 13.2. The lowest BCUT2D eigenvalue weighted by Gasteiger charge is -2.31. The first-order chi connectivity index (χ1) is 17.0. The van der Waals surface area contributed by atoms with Crippen molar-refractivity contribution in [1.82, 2.24) is 9.80 Å². The molecule has 4 rings (SSSR count). The highest BCUT2D eigenvalue weighted by molar-refractivity contribution is 6.14. The monoisotopic (exact) mass is 482 g/mol. The van der Waals surface area contributed by atoms with Gasteiger partial charge in [0.15, 0.2) is 23.0 Å². The van der Waals surface area contributed by atoms with E-state index in [0.717, 1.165) is 13.1 Å². The Kier molecular flexibility index (Phi) is 7.89. The minimum atomic E-state index is -0.776. The molecule has 9 heteroatoms. The van der Waals surface area contributed by atoms with E-state index in [1.165, 1.54) is 30.4 Å². The molecule has 3 heterocycles. The van der Waals surface area contributed by atoms with Crippen molar-refractivity contribution in [3.63, 3.8) is 0 Å². The summed E-state index contributed by atoms with van der Waals surface area (Å²) in [6, 6.07) is 7.92. The van der Waals surface area contributed by atoms with Gasteiger partial charge in [0.25, 0.3) is 5.91 Å². The second kappa shape index (κ2) is 11.2. The van der Waals surface area contributed by atoms with Gasteiger partial charge in [0, 0.05) is 26.2 Å². The highest BCUT2D eigenvalue weighted by Gasteiger charge is 2.43. The van der Waals surface area contributed by atoms with E-state index in [2.05, 4.69) is 4.90 Å². The molecule has 1 aromatic carbocycles. The summed E-state index contributed by atoms with van der Waals surface area (Å²) in [5.41, 5.74) is 0.658. The number of hydrogen-bond donors (Lipinski definition) is 1. The summed E-state index contributed by atoms with van der Waals surface area (Å²) in [6.07, 6.45) is 4.32. The summed E-state index contributed by atoms with van der Waals surface area (Å²) in [5.74, 6) is -0.0639. The number of furan rings is 1. The third-order valence-electron chi connectivity index (χ3n) is 6.08. The number of carbonyl (C=O) groups excluding carboxylic acids is 2. The van der Waals surface area contributed by atoms with Gasteiger partial charge in [-0.15, -0.1) is 0 Å². The molecule has 1 aromatic heterocycles. The molecule has 0 saturated carbocycles. The van der Waals surface area contributed by atoms with E-state index < -0.39 is 23.5 Å². The number of aliphatic hydroxyl groups excluding tert-OH is 1. The van der Waals surface area contributed by atoms with Crippen molar-refractivity contribution in [2.24, 2.45) is 0 Å². The average molecular weight is 483 g/mol. The molecule has 2 aliphatic rings. The molecule has 1 saturated heterocycles. The van der Waals surface area contributed by atoms with Gasteiger partial charge in [-0.3, -0.25) is 14.5 Å². The van der Waals surface area contributed by atoms with Gasteiger partial charge in [0.1, 0.15) is 5.76 Å². The Morgan fingerprint density at radius 2 is 2.00 bits per heavy atom. The third-order valence-corrected chi connectivity index (χ3v) is 6.08. The standard InChI is InChI=1S/C26H30N2O7/c1-3-34-21-9-6-18(17-22(21)32-2)24-23(20(29)8-7-19-5-4-14-35-19)25(30)26(31)28(24)11-10-27-12-15-33-16-13-27/h4-9,14,17,24,30H,3,10-13,15-16H2,1-2H3/b8-7+/t24-/m0/s1. The number of morpholine rings is 1. The molecule has 186 valence electrons. The van der Waals surface area contributed by atoms with Crippen LogP contribution in [-0.2, 0) is 14.3 Å². The summed E-state index contributed by atoms with van der Waals surface area (Å²) in [6.45, 7) is 6.07. The van der Waals surface area contributed by atoms with Gasteiger partial charge in [-0.2, -0.15) is 0 Å². The zero-order chi connectivity index (χ0) is 24.8. The van der Waals surface area contributed by atoms with E-state index in [1.807, 2.05) is 6.92 Å². The third kappa shape index (κ3) is 5.41. The predicted octanol–water partition coefficient (Wildman–Crippen LogP) is 3.00. The number of ether oxygens (including phenoxy) is 3. The number of nitrogens with zero attached hydrogens (tertiary/aromatic N) is 2. The van der Waals surface area contributed by atoms with Gasteiger partial charge in [0.2, 0.25) is 0 Å². The summed E-state index contributed by atoms with van der Waals surface area (Å²) >= 11 is 0. The molecule has 0 spiro atoms. The molecule has 1 amide bonds. The number of benzene rings is 1. The lowest BCUT2D eigenvalue weighted by Crippen LogP contribution is -2.43. The molecule has 0 aliphatic carbocycles. The Labute approximate surface area is 204 Å². The Bertz CT molecular complexity index is 1100. The summed E-state index contributed by atoms with van der Waals surface area (Å²) < 4.78 is 21.8. The fourth-order valence-corrected chi connectivity index (χ4v) is 4.32. The van der Waals surface area contributed by atoms with Crippen LogP contribution in [0, 0.1) is 0 Å². The largest absolute Gasteiger partial charge is 0.503 e. The molecular formula is C26H30N2O7. The number of ketones is 1. The number of carbonyl (C=O) groups is 2. The molecule has 2 aromatic rings. The minimum absolute atomic E-state index is 0.0194. The smallest absolute Gasteiger partial charge is 0.290 e. The van der Waals surface area contributed by atoms with Gasteiger partial charge < -0.3 is 28.6 Å². The lowest BCUT2D eigenvalue weighted by atomic mass is 9.95. The van der Waals surface area contributed by atoms with Gasteiger partial charge in [-0.25, -0.2) is 0 Å². The fourth-order valence-electron chi connectivity index (χ4n) is 4.32. The number of methoxy groups -OCH3 is 1. The Hall–Kier alpha value is -3.56. The Balaban J connectivity index is 1.67. The van der Waals surface area contributed by atoms with E-state index in [4.69, 9.17) is 18.6 Å².